The van der Waals surface area contributed by atoms with E-state index in [0.29, 0.717) is 0 Å². The molecule has 0 aliphatic heterocycles. The van der Waals surface area contributed by atoms with Crippen LogP contribution in [0.1, 0.15) is 5.56 Å². The Bertz CT molecular complexity index is 684. The first-order valence-electron chi connectivity index (χ1n) is 6.06. The molecular weight excluding hydrogens is 334 g/mol. The van der Waals surface area contributed by atoms with Crippen LogP contribution in [0.5, 0.6) is 0 Å². The van der Waals surface area contributed by atoms with Crippen LogP contribution in [0.3, 0.4) is 0 Å². The monoisotopic (exact) mass is 344 g/mol. The number of hydrogen-bond acceptors (Lipinski definition) is 2. The van der Waals surface area contributed by atoms with Crippen molar-refractivity contribution in [2.45, 2.75) is 11.3 Å². The predicted molar refractivity (Wildman–Crippen MR) is 82.8 cm³/mol. The predicted octanol–water partition coefficient (Wildman–Crippen LogP) is 4.05. The van der Waals surface area contributed by atoms with Crippen LogP contribution in [0.15, 0.2) is 47.4 Å². The first kappa shape index (κ1) is 16.1. The van der Waals surface area contributed by atoms with E-state index in [1.807, 2.05) is 0 Å². The van der Waals surface area contributed by atoms with Gasteiger partial charge < -0.3 is 0 Å². The highest BCUT2D eigenvalue weighted by molar-refractivity contribution is 7.86. The Morgan fingerprint density at radius 1 is 1.05 bits per heavy atom. The molecule has 0 spiro atoms. The van der Waals surface area contributed by atoms with Crippen LogP contribution in [-0.4, -0.2) is 15.7 Å². The standard InChI is InChI=1S/C15H11Cl2FO2S/c16-12-5-3-6-13(17)15(12)21(20)9-11(19)8-10-4-1-2-7-14(10)18/h1-7H,8-9H2. The van der Waals surface area contributed by atoms with Gasteiger partial charge in [-0.1, -0.05) is 47.5 Å². The van der Waals surface area contributed by atoms with Crippen molar-refractivity contribution in [1.29, 1.82) is 0 Å². The van der Waals surface area contributed by atoms with E-state index < -0.39 is 16.6 Å². The molecule has 2 rings (SSSR count). The minimum Gasteiger partial charge on any atom is -0.298 e. The largest absolute Gasteiger partial charge is 0.298 e. The molecule has 0 heterocycles. The van der Waals surface area contributed by atoms with E-state index in [9.17, 15) is 13.4 Å². The fourth-order valence-corrected chi connectivity index (χ4v) is 3.85. The second kappa shape index (κ2) is 7.16. The number of carbonyl (C=O) groups excluding carboxylic acids is 1. The maximum Gasteiger partial charge on any atom is 0.150 e. The quantitative estimate of drug-likeness (QED) is 0.819. The van der Waals surface area contributed by atoms with Crippen molar-refractivity contribution in [3.05, 3.63) is 63.9 Å². The molecule has 2 nitrogen and oxygen atoms in total. The Morgan fingerprint density at radius 2 is 1.67 bits per heavy atom. The van der Waals surface area contributed by atoms with E-state index in [2.05, 4.69) is 0 Å². The van der Waals surface area contributed by atoms with E-state index in [1.54, 1.807) is 30.3 Å². The molecule has 0 bridgehead atoms. The fourth-order valence-electron chi connectivity index (χ4n) is 1.82. The lowest BCUT2D eigenvalue weighted by atomic mass is 10.1. The Morgan fingerprint density at radius 3 is 2.29 bits per heavy atom. The van der Waals surface area contributed by atoms with Crippen LogP contribution >= 0.6 is 23.2 Å². The zero-order chi connectivity index (χ0) is 15.4. The topological polar surface area (TPSA) is 34.1 Å². The van der Waals surface area contributed by atoms with Gasteiger partial charge in [-0.15, -0.1) is 0 Å². The van der Waals surface area contributed by atoms with Gasteiger partial charge in [0, 0.05) is 6.42 Å². The molecule has 21 heavy (non-hydrogen) atoms. The highest BCUT2D eigenvalue weighted by atomic mass is 35.5. The Hall–Kier alpha value is -1.23. The third-order valence-corrected chi connectivity index (χ3v) is 5.12. The normalized spacial score (nSPS) is 12.1. The Labute approximate surface area is 134 Å². The average molecular weight is 345 g/mol. The summed E-state index contributed by atoms with van der Waals surface area (Å²) < 4.78 is 25.7. The molecule has 1 atom stereocenters. The van der Waals surface area contributed by atoms with Crippen LogP contribution in [-0.2, 0) is 22.0 Å². The minimum atomic E-state index is -1.65. The van der Waals surface area contributed by atoms with Gasteiger partial charge in [0.2, 0.25) is 0 Å². The first-order chi connectivity index (χ1) is 9.99. The van der Waals surface area contributed by atoms with Crippen molar-refractivity contribution < 1.29 is 13.4 Å². The van der Waals surface area contributed by atoms with Crippen LogP contribution in [0, 0.1) is 5.82 Å². The fraction of sp³-hybridized carbons (Fsp3) is 0.133. The van der Waals surface area contributed by atoms with Crippen molar-refractivity contribution in [3.63, 3.8) is 0 Å². The minimum absolute atomic E-state index is 0.111. The van der Waals surface area contributed by atoms with Gasteiger partial charge >= 0.3 is 0 Å². The third-order valence-electron chi connectivity index (χ3n) is 2.78. The van der Waals surface area contributed by atoms with E-state index in [1.165, 1.54) is 12.1 Å². The molecule has 2 aromatic carbocycles. The molecular formula is C15H11Cl2FO2S. The lowest BCUT2D eigenvalue weighted by molar-refractivity contribution is -0.116. The van der Waals surface area contributed by atoms with Gasteiger partial charge in [0.25, 0.3) is 0 Å². The van der Waals surface area contributed by atoms with Crippen LogP contribution in [0.25, 0.3) is 0 Å². The third kappa shape index (κ3) is 4.13. The molecule has 1 unspecified atom stereocenters. The summed E-state index contributed by atoms with van der Waals surface area (Å²) in [6, 6.07) is 10.7. The SMILES string of the molecule is O=C(Cc1ccccc1F)CS(=O)c1c(Cl)cccc1Cl. The number of benzene rings is 2. The molecule has 6 heteroatoms. The lowest BCUT2D eigenvalue weighted by Gasteiger charge is -2.07. The van der Waals surface area contributed by atoms with Gasteiger partial charge in [-0.25, -0.2) is 4.39 Å². The molecule has 0 aliphatic carbocycles. The summed E-state index contributed by atoms with van der Waals surface area (Å²) in [5.41, 5.74) is 0.282. The second-order valence-electron chi connectivity index (χ2n) is 4.35. The van der Waals surface area contributed by atoms with Crippen LogP contribution in [0.2, 0.25) is 10.0 Å². The van der Waals surface area contributed by atoms with Crippen molar-refractivity contribution in [2.75, 3.05) is 5.75 Å². The second-order valence-corrected chi connectivity index (χ2v) is 6.55. The molecule has 0 saturated carbocycles. The zero-order valence-corrected chi connectivity index (χ0v) is 13.1. The van der Waals surface area contributed by atoms with Gasteiger partial charge in [0.15, 0.2) is 0 Å². The van der Waals surface area contributed by atoms with Crippen molar-refractivity contribution in [3.8, 4) is 0 Å². The molecule has 0 fully saturated rings. The summed E-state index contributed by atoms with van der Waals surface area (Å²) in [6.07, 6.45) is -0.111. The number of Topliss-reactive ketones (excluding diaryl/α,β-unsaturated/α-hetero) is 1. The number of halogens is 3. The maximum atomic E-state index is 13.5. The van der Waals surface area contributed by atoms with Crippen LogP contribution in [0.4, 0.5) is 4.39 Å². The average Bonchev–Trinajstić information content (AvgIpc) is 2.41. The molecule has 0 saturated heterocycles. The molecule has 2 aromatic rings. The summed E-state index contributed by atoms with van der Waals surface area (Å²) in [7, 11) is -1.65. The van der Waals surface area contributed by atoms with Gasteiger partial charge in [-0.3, -0.25) is 9.00 Å². The van der Waals surface area contributed by atoms with E-state index >= 15 is 0 Å². The summed E-state index contributed by atoms with van der Waals surface area (Å²) in [6.45, 7) is 0. The lowest BCUT2D eigenvalue weighted by Crippen LogP contribution is -2.14. The smallest absolute Gasteiger partial charge is 0.150 e. The van der Waals surface area contributed by atoms with Crippen molar-refractivity contribution in [2.24, 2.45) is 0 Å². The Balaban J connectivity index is 2.10. The molecule has 110 valence electrons. The van der Waals surface area contributed by atoms with Gasteiger partial charge in [-0.05, 0) is 23.8 Å². The van der Waals surface area contributed by atoms with E-state index in [4.69, 9.17) is 23.2 Å². The maximum absolute atomic E-state index is 13.5. The summed E-state index contributed by atoms with van der Waals surface area (Å²) in [5.74, 6) is -1.04. The number of rotatable bonds is 5. The summed E-state index contributed by atoms with van der Waals surface area (Å²) in [4.78, 5) is 12.2. The molecule has 0 aromatic heterocycles. The van der Waals surface area contributed by atoms with Gasteiger partial charge in [-0.2, -0.15) is 0 Å². The molecule has 0 N–H and O–H groups in total. The van der Waals surface area contributed by atoms with Crippen molar-refractivity contribution >= 4 is 39.8 Å². The molecule has 0 aliphatic rings. The summed E-state index contributed by atoms with van der Waals surface area (Å²) in [5, 5.41) is 0.499. The number of ketones is 1. The first-order valence-corrected chi connectivity index (χ1v) is 8.14. The van der Waals surface area contributed by atoms with Crippen molar-refractivity contribution in [1.82, 2.24) is 0 Å². The van der Waals surface area contributed by atoms with E-state index in [0.717, 1.165) is 0 Å². The highest BCUT2D eigenvalue weighted by Crippen LogP contribution is 2.27. The van der Waals surface area contributed by atoms with E-state index in [-0.39, 0.29) is 38.5 Å². The van der Waals surface area contributed by atoms with Crippen LogP contribution < -0.4 is 0 Å². The Kier molecular flexibility index (Phi) is 5.51. The zero-order valence-electron chi connectivity index (χ0n) is 10.8. The highest BCUT2D eigenvalue weighted by Gasteiger charge is 2.17. The number of hydrogen-bond donors (Lipinski definition) is 0. The molecule has 0 radical (unpaired) electrons. The summed E-state index contributed by atoms with van der Waals surface area (Å²) >= 11 is 11.9. The van der Waals surface area contributed by atoms with Gasteiger partial charge in [0.1, 0.15) is 11.6 Å². The number of carbonyl (C=O) groups is 1. The molecule has 0 amide bonds. The van der Waals surface area contributed by atoms with Gasteiger partial charge in [0.05, 0.1) is 31.5 Å².